The average Bonchev–Trinajstić information content (AvgIpc) is 3.19. The summed E-state index contributed by atoms with van der Waals surface area (Å²) >= 11 is 12.1. The lowest BCUT2D eigenvalue weighted by Gasteiger charge is -2.34. The molecular formula is C24H20Cl2F3N5O2. The van der Waals surface area contributed by atoms with E-state index in [1.807, 2.05) is 6.92 Å². The van der Waals surface area contributed by atoms with Crippen LogP contribution in [-0.4, -0.2) is 49.0 Å². The van der Waals surface area contributed by atoms with Gasteiger partial charge in [0.15, 0.2) is 0 Å². The number of nitrogens with zero attached hydrogens (tertiary/aromatic N) is 5. The summed E-state index contributed by atoms with van der Waals surface area (Å²) < 4.78 is 40.8. The van der Waals surface area contributed by atoms with Crippen LogP contribution >= 0.6 is 23.2 Å². The van der Waals surface area contributed by atoms with Gasteiger partial charge in [0.25, 0.3) is 11.8 Å². The number of alkyl halides is 3. The van der Waals surface area contributed by atoms with Crippen LogP contribution in [0, 0.1) is 0 Å². The quantitative estimate of drug-likeness (QED) is 0.479. The number of carbonyl (C=O) groups is 2. The van der Waals surface area contributed by atoms with Crippen LogP contribution in [0.25, 0.3) is 0 Å². The molecule has 2 aliphatic heterocycles. The van der Waals surface area contributed by atoms with Crippen molar-refractivity contribution in [2.45, 2.75) is 45.2 Å². The Kier molecular flexibility index (Phi) is 6.20. The third-order valence-corrected chi connectivity index (χ3v) is 7.17. The Morgan fingerprint density at radius 1 is 1.14 bits per heavy atom. The van der Waals surface area contributed by atoms with Crippen LogP contribution in [0.4, 0.5) is 13.2 Å². The molecule has 2 aromatic heterocycles. The number of fused-ring (bicyclic) bond motifs is 3. The third-order valence-electron chi connectivity index (χ3n) is 6.43. The summed E-state index contributed by atoms with van der Waals surface area (Å²) in [7, 11) is 0. The maximum Gasteiger partial charge on any atom is 0.433 e. The zero-order valence-electron chi connectivity index (χ0n) is 19.0. The number of aromatic nitrogens is 3. The molecule has 36 heavy (non-hydrogen) atoms. The number of carbonyl (C=O) groups excluding carboxylic acids is 2. The van der Waals surface area contributed by atoms with E-state index in [0.29, 0.717) is 34.8 Å². The van der Waals surface area contributed by atoms with Gasteiger partial charge in [0.2, 0.25) is 0 Å². The number of hydrogen-bond acceptors (Lipinski definition) is 4. The standard InChI is InChI=1S/C24H20Cl2F3N5O2/c1-13-9-19-16(12-33(13)22(35)14-5-6-17(25)18(26)10-14)21-23(36)32(7-8-34(21)31-19)11-15-3-2-4-20(30-15)24(27,28)29/h2-6,10,13H,7-9,11-12H2,1H3/t13-/m1/s1. The number of benzene rings is 1. The molecule has 0 saturated heterocycles. The summed E-state index contributed by atoms with van der Waals surface area (Å²) in [5, 5.41) is 5.21. The van der Waals surface area contributed by atoms with E-state index in [1.54, 1.807) is 21.7 Å². The summed E-state index contributed by atoms with van der Waals surface area (Å²) in [6, 6.07) is 8.13. The fourth-order valence-electron chi connectivity index (χ4n) is 4.60. The van der Waals surface area contributed by atoms with E-state index in [1.165, 1.54) is 23.1 Å². The van der Waals surface area contributed by atoms with Crippen LogP contribution in [0.5, 0.6) is 0 Å². The first-order valence-electron chi connectivity index (χ1n) is 11.2. The Hall–Kier alpha value is -3.11. The normalized spacial score (nSPS) is 17.7. The fraction of sp³-hybridized carbons (Fsp3) is 0.333. The Morgan fingerprint density at radius 3 is 2.64 bits per heavy atom. The summed E-state index contributed by atoms with van der Waals surface area (Å²) in [5.74, 6) is -0.606. The van der Waals surface area contributed by atoms with Crippen molar-refractivity contribution in [2.75, 3.05) is 6.54 Å². The van der Waals surface area contributed by atoms with Gasteiger partial charge in [-0.2, -0.15) is 18.3 Å². The van der Waals surface area contributed by atoms with E-state index in [4.69, 9.17) is 23.2 Å². The van der Waals surface area contributed by atoms with Crippen molar-refractivity contribution in [1.82, 2.24) is 24.6 Å². The lowest BCUT2D eigenvalue weighted by Crippen LogP contribution is -2.44. The van der Waals surface area contributed by atoms with Crippen molar-refractivity contribution < 1.29 is 22.8 Å². The minimum Gasteiger partial charge on any atom is -0.331 e. The first kappa shape index (κ1) is 24.6. The smallest absolute Gasteiger partial charge is 0.331 e. The zero-order chi connectivity index (χ0) is 25.8. The van der Waals surface area contributed by atoms with Crippen LogP contribution in [0.3, 0.4) is 0 Å². The van der Waals surface area contributed by atoms with E-state index >= 15 is 0 Å². The molecule has 5 rings (SSSR count). The molecule has 188 valence electrons. The molecule has 0 radical (unpaired) electrons. The van der Waals surface area contributed by atoms with Gasteiger partial charge in [0.05, 0.1) is 41.1 Å². The van der Waals surface area contributed by atoms with Crippen LogP contribution < -0.4 is 0 Å². The summed E-state index contributed by atoms with van der Waals surface area (Å²) in [6.45, 7) is 2.69. The van der Waals surface area contributed by atoms with E-state index in [-0.39, 0.29) is 48.2 Å². The van der Waals surface area contributed by atoms with Crippen molar-refractivity contribution in [3.8, 4) is 0 Å². The highest BCUT2D eigenvalue weighted by Crippen LogP contribution is 2.32. The van der Waals surface area contributed by atoms with Crippen molar-refractivity contribution in [1.29, 1.82) is 0 Å². The van der Waals surface area contributed by atoms with Gasteiger partial charge in [-0.3, -0.25) is 14.3 Å². The topological polar surface area (TPSA) is 71.3 Å². The molecule has 2 amide bonds. The minimum atomic E-state index is -4.57. The van der Waals surface area contributed by atoms with Crippen LogP contribution in [0.15, 0.2) is 36.4 Å². The van der Waals surface area contributed by atoms with E-state index in [0.717, 1.165) is 11.8 Å². The number of halogens is 5. The largest absolute Gasteiger partial charge is 0.433 e. The Morgan fingerprint density at radius 2 is 1.92 bits per heavy atom. The molecule has 1 atom stereocenters. The summed E-state index contributed by atoms with van der Waals surface area (Å²) in [6.07, 6.45) is -4.11. The number of amides is 2. The monoisotopic (exact) mass is 537 g/mol. The van der Waals surface area contributed by atoms with Gasteiger partial charge >= 0.3 is 6.18 Å². The minimum absolute atomic E-state index is 0.0645. The molecule has 0 unspecified atom stereocenters. The Balaban J connectivity index is 1.41. The van der Waals surface area contributed by atoms with E-state index in [9.17, 15) is 22.8 Å². The van der Waals surface area contributed by atoms with Gasteiger partial charge in [0.1, 0.15) is 11.4 Å². The third kappa shape index (κ3) is 4.43. The maximum absolute atomic E-state index is 13.4. The summed E-state index contributed by atoms with van der Waals surface area (Å²) in [5.41, 5.74) is 1.25. The lowest BCUT2D eigenvalue weighted by molar-refractivity contribution is -0.141. The summed E-state index contributed by atoms with van der Waals surface area (Å²) in [4.78, 5) is 33.5. The highest BCUT2D eigenvalue weighted by Gasteiger charge is 2.38. The maximum atomic E-state index is 13.4. The molecule has 0 saturated carbocycles. The molecule has 0 aliphatic carbocycles. The number of hydrogen-bond donors (Lipinski definition) is 0. The first-order chi connectivity index (χ1) is 17.0. The lowest BCUT2D eigenvalue weighted by atomic mass is 9.97. The van der Waals surface area contributed by atoms with Gasteiger partial charge in [0, 0.05) is 30.1 Å². The van der Waals surface area contributed by atoms with Gasteiger partial charge in [-0.1, -0.05) is 29.3 Å². The Bertz CT molecular complexity index is 1370. The molecule has 7 nitrogen and oxygen atoms in total. The van der Waals surface area contributed by atoms with E-state index in [2.05, 4.69) is 10.1 Å². The number of rotatable bonds is 3. The molecule has 3 aromatic rings. The van der Waals surface area contributed by atoms with Gasteiger partial charge in [-0.15, -0.1) is 0 Å². The second-order valence-electron chi connectivity index (χ2n) is 8.85. The van der Waals surface area contributed by atoms with Gasteiger partial charge < -0.3 is 9.80 Å². The average molecular weight is 538 g/mol. The van der Waals surface area contributed by atoms with Gasteiger partial charge in [-0.05, 0) is 37.3 Å². The molecule has 1 aromatic carbocycles. The predicted octanol–water partition coefficient (Wildman–Crippen LogP) is 4.85. The SMILES string of the molecule is C[C@@H]1Cc2nn3c(c2CN1C(=O)c1ccc(Cl)c(Cl)c1)C(=O)N(Cc1cccc(C(F)(F)F)n1)CC3. The molecule has 0 bridgehead atoms. The van der Waals surface area contributed by atoms with Crippen molar-refractivity contribution in [3.05, 3.63) is 80.3 Å². The second-order valence-corrected chi connectivity index (χ2v) is 9.67. The van der Waals surface area contributed by atoms with Crippen molar-refractivity contribution in [3.63, 3.8) is 0 Å². The number of pyridine rings is 1. The highest BCUT2D eigenvalue weighted by atomic mass is 35.5. The van der Waals surface area contributed by atoms with Gasteiger partial charge in [-0.25, -0.2) is 4.98 Å². The predicted molar refractivity (Wildman–Crippen MR) is 126 cm³/mol. The highest BCUT2D eigenvalue weighted by molar-refractivity contribution is 6.42. The molecule has 0 N–H and O–H groups in total. The van der Waals surface area contributed by atoms with Crippen LogP contribution in [0.2, 0.25) is 10.0 Å². The van der Waals surface area contributed by atoms with Crippen LogP contribution in [0.1, 0.15) is 50.4 Å². The Labute approximate surface area is 214 Å². The molecular weight excluding hydrogens is 518 g/mol. The molecule has 2 aliphatic rings. The fourth-order valence-corrected chi connectivity index (χ4v) is 4.90. The second kappa shape index (κ2) is 9.08. The van der Waals surface area contributed by atoms with Crippen molar-refractivity contribution in [2.24, 2.45) is 0 Å². The van der Waals surface area contributed by atoms with E-state index < -0.39 is 11.9 Å². The first-order valence-corrected chi connectivity index (χ1v) is 12.0. The molecule has 0 fully saturated rings. The van der Waals surface area contributed by atoms with Crippen molar-refractivity contribution >= 4 is 35.0 Å². The van der Waals surface area contributed by atoms with Crippen LogP contribution in [-0.2, 0) is 32.2 Å². The zero-order valence-corrected chi connectivity index (χ0v) is 20.5. The molecule has 4 heterocycles. The molecule has 0 spiro atoms. The molecule has 12 heteroatoms.